The van der Waals surface area contributed by atoms with Gasteiger partial charge in [-0.3, -0.25) is 0 Å². The SMILES string of the molecule is Cc1cccc(/C=N\n2c(SCc3ccccc3)n[nH]c2=S)c1. The summed E-state index contributed by atoms with van der Waals surface area (Å²) in [5.41, 5.74) is 3.47. The number of aromatic nitrogens is 3. The van der Waals surface area contributed by atoms with Gasteiger partial charge in [0.2, 0.25) is 9.93 Å². The van der Waals surface area contributed by atoms with Crippen molar-refractivity contribution in [3.05, 3.63) is 76.1 Å². The highest BCUT2D eigenvalue weighted by Crippen LogP contribution is 2.20. The van der Waals surface area contributed by atoms with Crippen molar-refractivity contribution in [1.29, 1.82) is 0 Å². The van der Waals surface area contributed by atoms with E-state index in [1.165, 1.54) is 11.1 Å². The minimum absolute atomic E-state index is 0.490. The fourth-order valence-electron chi connectivity index (χ4n) is 2.07. The van der Waals surface area contributed by atoms with Crippen molar-refractivity contribution in [3.8, 4) is 0 Å². The molecule has 0 unspecified atom stereocenters. The van der Waals surface area contributed by atoms with E-state index in [1.54, 1.807) is 22.7 Å². The van der Waals surface area contributed by atoms with Gasteiger partial charge in [-0.25, -0.2) is 5.10 Å². The molecule has 0 radical (unpaired) electrons. The zero-order chi connectivity index (χ0) is 16.1. The van der Waals surface area contributed by atoms with Gasteiger partial charge in [-0.15, -0.1) is 5.10 Å². The van der Waals surface area contributed by atoms with Crippen LogP contribution < -0.4 is 0 Å². The second-order valence-corrected chi connectivity index (χ2v) is 6.39. The molecule has 0 fully saturated rings. The Morgan fingerprint density at radius 2 is 2.04 bits per heavy atom. The summed E-state index contributed by atoms with van der Waals surface area (Å²) in [4.78, 5) is 0. The van der Waals surface area contributed by atoms with E-state index in [2.05, 4.69) is 46.5 Å². The van der Waals surface area contributed by atoms with Crippen LogP contribution in [0.15, 0.2) is 64.9 Å². The molecule has 0 aliphatic carbocycles. The van der Waals surface area contributed by atoms with Gasteiger partial charge in [-0.05, 0) is 30.3 Å². The molecule has 0 spiro atoms. The normalized spacial score (nSPS) is 11.2. The monoisotopic (exact) mass is 340 g/mol. The summed E-state index contributed by atoms with van der Waals surface area (Å²) in [5, 5.41) is 12.3. The van der Waals surface area contributed by atoms with E-state index in [9.17, 15) is 0 Å². The Labute approximate surface area is 144 Å². The number of aromatic amines is 1. The van der Waals surface area contributed by atoms with Gasteiger partial charge in [0.1, 0.15) is 0 Å². The van der Waals surface area contributed by atoms with E-state index >= 15 is 0 Å². The minimum Gasteiger partial charge on any atom is -0.249 e. The van der Waals surface area contributed by atoms with E-state index < -0.39 is 0 Å². The Bertz CT molecular complexity index is 866. The lowest BCUT2D eigenvalue weighted by molar-refractivity contribution is 0.759. The lowest BCUT2D eigenvalue weighted by Gasteiger charge is -2.01. The predicted octanol–water partition coefficient (Wildman–Crippen LogP) is 4.42. The molecule has 1 aromatic heterocycles. The molecule has 1 N–H and O–H groups in total. The van der Waals surface area contributed by atoms with Crippen LogP contribution in [-0.4, -0.2) is 21.1 Å². The predicted molar refractivity (Wildman–Crippen MR) is 97.6 cm³/mol. The first-order valence-corrected chi connectivity index (χ1v) is 8.57. The molecule has 0 saturated carbocycles. The van der Waals surface area contributed by atoms with Crippen molar-refractivity contribution >= 4 is 30.2 Å². The highest BCUT2D eigenvalue weighted by atomic mass is 32.2. The van der Waals surface area contributed by atoms with Crippen molar-refractivity contribution in [2.24, 2.45) is 5.10 Å². The van der Waals surface area contributed by atoms with Gasteiger partial charge in [0, 0.05) is 5.75 Å². The smallest absolute Gasteiger partial charge is 0.217 e. The van der Waals surface area contributed by atoms with Crippen LogP contribution in [0.25, 0.3) is 0 Å². The largest absolute Gasteiger partial charge is 0.249 e. The van der Waals surface area contributed by atoms with E-state index in [4.69, 9.17) is 12.2 Å². The van der Waals surface area contributed by atoms with Crippen molar-refractivity contribution in [2.45, 2.75) is 17.8 Å². The minimum atomic E-state index is 0.490. The second-order valence-electron chi connectivity index (χ2n) is 5.06. The highest BCUT2D eigenvalue weighted by Gasteiger charge is 2.06. The van der Waals surface area contributed by atoms with Crippen molar-refractivity contribution in [1.82, 2.24) is 14.9 Å². The third-order valence-electron chi connectivity index (χ3n) is 3.20. The van der Waals surface area contributed by atoms with Crippen LogP contribution in [0.5, 0.6) is 0 Å². The summed E-state index contributed by atoms with van der Waals surface area (Å²) >= 11 is 6.86. The molecule has 3 rings (SSSR count). The summed E-state index contributed by atoms with van der Waals surface area (Å²) < 4.78 is 2.15. The number of thioether (sulfide) groups is 1. The Kier molecular flexibility index (Phi) is 5.05. The Morgan fingerprint density at radius 1 is 1.22 bits per heavy atom. The second kappa shape index (κ2) is 7.39. The zero-order valence-corrected chi connectivity index (χ0v) is 14.3. The molecule has 1 heterocycles. The van der Waals surface area contributed by atoms with Gasteiger partial charge < -0.3 is 0 Å². The number of benzene rings is 2. The number of hydrogen-bond donors (Lipinski definition) is 1. The van der Waals surface area contributed by atoms with Crippen molar-refractivity contribution in [2.75, 3.05) is 0 Å². The molecule has 0 bridgehead atoms. The molecule has 116 valence electrons. The zero-order valence-electron chi connectivity index (χ0n) is 12.6. The lowest BCUT2D eigenvalue weighted by Crippen LogP contribution is -1.94. The van der Waals surface area contributed by atoms with Gasteiger partial charge in [0.25, 0.3) is 0 Å². The van der Waals surface area contributed by atoms with E-state index in [0.29, 0.717) is 4.77 Å². The van der Waals surface area contributed by atoms with Crippen LogP contribution in [0.2, 0.25) is 0 Å². The Hall–Kier alpha value is -2.18. The van der Waals surface area contributed by atoms with Crippen LogP contribution in [0.1, 0.15) is 16.7 Å². The highest BCUT2D eigenvalue weighted by molar-refractivity contribution is 7.98. The van der Waals surface area contributed by atoms with Crippen LogP contribution in [0, 0.1) is 11.7 Å². The molecule has 0 amide bonds. The fourth-order valence-corrected chi connectivity index (χ4v) is 3.17. The molecule has 6 heteroatoms. The van der Waals surface area contributed by atoms with E-state index in [1.807, 2.05) is 30.3 Å². The average molecular weight is 340 g/mol. The first kappa shape index (κ1) is 15.7. The fraction of sp³-hybridized carbons (Fsp3) is 0.118. The summed E-state index contributed by atoms with van der Waals surface area (Å²) in [6, 6.07) is 18.4. The quantitative estimate of drug-likeness (QED) is 0.425. The third kappa shape index (κ3) is 4.18. The Balaban J connectivity index is 1.77. The molecule has 0 atom stereocenters. The maximum absolute atomic E-state index is 5.26. The molecule has 23 heavy (non-hydrogen) atoms. The van der Waals surface area contributed by atoms with Crippen molar-refractivity contribution < 1.29 is 0 Å². The molecule has 3 aromatic rings. The molecule has 4 nitrogen and oxygen atoms in total. The number of H-pyrrole nitrogens is 1. The van der Waals surface area contributed by atoms with Crippen LogP contribution >= 0.6 is 24.0 Å². The summed E-state index contributed by atoms with van der Waals surface area (Å²) in [5.74, 6) is 0.820. The Morgan fingerprint density at radius 3 is 2.83 bits per heavy atom. The summed E-state index contributed by atoms with van der Waals surface area (Å²) in [6.07, 6.45) is 1.80. The topological polar surface area (TPSA) is 46.0 Å². The summed E-state index contributed by atoms with van der Waals surface area (Å²) in [6.45, 7) is 2.06. The number of aryl methyl sites for hydroxylation is 1. The number of nitrogens with zero attached hydrogens (tertiary/aromatic N) is 3. The molecule has 0 saturated heterocycles. The molecular formula is C17H16N4S2. The van der Waals surface area contributed by atoms with E-state index in [-0.39, 0.29) is 0 Å². The van der Waals surface area contributed by atoms with E-state index in [0.717, 1.165) is 16.5 Å². The van der Waals surface area contributed by atoms with Gasteiger partial charge >= 0.3 is 0 Å². The lowest BCUT2D eigenvalue weighted by atomic mass is 10.2. The summed E-state index contributed by atoms with van der Waals surface area (Å²) in [7, 11) is 0. The maximum Gasteiger partial charge on any atom is 0.217 e. The van der Waals surface area contributed by atoms with Crippen LogP contribution in [-0.2, 0) is 5.75 Å². The standard InChI is InChI=1S/C17H16N4S2/c1-13-6-5-9-15(10-13)11-18-21-16(22)19-20-17(21)23-12-14-7-3-2-4-8-14/h2-11H,12H2,1H3,(H,19,22)/b18-11-. The number of hydrogen-bond acceptors (Lipinski definition) is 4. The van der Waals surface area contributed by atoms with Crippen molar-refractivity contribution in [3.63, 3.8) is 0 Å². The van der Waals surface area contributed by atoms with Gasteiger partial charge in [-0.1, -0.05) is 71.9 Å². The van der Waals surface area contributed by atoms with Gasteiger partial charge in [0.05, 0.1) is 6.21 Å². The number of rotatable bonds is 5. The average Bonchev–Trinajstić information content (AvgIpc) is 2.92. The maximum atomic E-state index is 5.26. The molecular weight excluding hydrogens is 324 g/mol. The molecule has 2 aromatic carbocycles. The third-order valence-corrected chi connectivity index (χ3v) is 4.46. The van der Waals surface area contributed by atoms with Gasteiger partial charge in [-0.2, -0.15) is 9.78 Å². The van der Waals surface area contributed by atoms with Crippen LogP contribution in [0.4, 0.5) is 0 Å². The van der Waals surface area contributed by atoms with Gasteiger partial charge in [0.15, 0.2) is 0 Å². The number of nitrogens with one attached hydrogen (secondary N) is 1. The molecule has 0 aliphatic rings. The van der Waals surface area contributed by atoms with Crippen LogP contribution in [0.3, 0.4) is 0 Å². The first-order valence-electron chi connectivity index (χ1n) is 7.17. The first-order chi connectivity index (χ1) is 11.2. The molecule has 0 aliphatic heterocycles.